The van der Waals surface area contributed by atoms with Gasteiger partial charge in [0.2, 0.25) is 0 Å². The van der Waals surface area contributed by atoms with Crippen LogP contribution in [0.1, 0.15) is 32.4 Å². The van der Waals surface area contributed by atoms with Crippen LogP contribution in [0.25, 0.3) is 23.2 Å². The molecule has 0 amide bonds. The van der Waals surface area contributed by atoms with E-state index in [1.54, 1.807) is 11.8 Å². The van der Waals surface area contributed by atoms with E-state index in [1.165, 1.54) is 0 Å². The molecular weight excluding hydrogens is 490 g/mol. The van der Waals surface area contributed by atoms with Gasteiger partial charge >= 0.3 is 0 Å². The van der Waals surface area contributed by atoms with Crippen molar-refractivity contribution in [2.75, 3.05) is 37.6 Å². The summed E-state index contributed by atoms with van der Waals surface area (Å²) in [6.45, 7) is 12.6. The van der Waals surface area contributed by atoms with Crippen molar-refractivity contribution in [3.8, 4) is 0 Å². The summed E-state index contributed by atoms with van der Waals surface area (Å²) in [5, 5.41) is 4.49. The smallest absolute Gasteiger partial charge is 0.196 e. The topological polar surface area (TPSA) is 73.3 Å². The van der Waals surface area contributed by atoms with Gasteiger partial charge in [-0.3, -0.25) is 14.9 Å². The summed E-state index contributed by atoms with van der Waals surface area (Å²) in [5.41, 5.74) is 1.80. The molecule has 5 rings (SSSR count). The molecule has 2 aliphatic rings. The average Bonchev–Trinajstić information content (AvgIpc) is 3.03. The molecule has 0 spiro atoms. The fourth-order valence-corrected chi connectivity index (χ4v) is 5.99. The summed E-state index contributed by atoms with van der Waals surface area (Å²) >= 11 is 8.40. The van der Waals surface area contributed by atoms with Crippen LogP contribution in [0.15, 0.2) is 39.5 Å². The molecule has 1 aliphatic carbocycles. The largest absolute Gasteiger partial charge is 0.353 e. The maximum absolute atomic E-state index is 6.82. The van der Waals surface area contributed by atoms with Crippen LogP contribution >= 0.6 is 23.4 Å². The molecule has 1 N–H and O–H groups in total. The molecule has 9 heteroatoms. The van der Waals surface area contributed by atoms with Gasteiger partial charge in [-0.15, -0.1) is 0 Å². The van der Waals surface area contributed by atoms with Gasteiger partial charge in [0, 0.05) is 42.5 Å². The summed E-state index contributed by atoms with van der Waals surface area (Å²) in [4.78, 5) is 27.9. The van der Waals surface area contributed by atoms with Gasteiger partial charge in [-0.05, 0) is 61.6 Å². The maximum Gasteiger partial charge on any atom is 0.196 e. The highest BCUT2D eigenvalue weighted by Crippen LogP contribution is 2.38. The number of thioether (sulfide) groups is 1. The van der Waals surface area contributed by atoms with Crippen LogP contribution in [-0.4, -0.2) is 70.3 Å². The Labute approximate surface area is 221 Å². The number of anilines is 1. The van der Waals surface area contributed by atoms with E-state index in [-0.39, 0.29) is 0 Å². The van der Waals surface area contributed by atoms with Crippen LogP contribution in [0.4, 0.5) is 5.82 Å². The number of rotatable bonds is 10. The van der Waals surface area contributed by atoms with Crippen LogP contribution in [0.5, 0.6) is 0 Å². The lowest BCUT2D eigenvalue weighted by atomic mass is 10.1. The fourth-order valence-electron chi connectivity index (χ4n) is 4.81. The first kappa shape index (κ1) is 25.0. The normalized spacial score (nSPS) is 15.7. The number of halogens is 1. The number of nitrogens with zero attached hydrogens (tertiary/aromatic N) is 6. The van der Waals surface area contributed by atoms with Crippen LogP contribution in [0, 0.1) is 0 Å². The Morgan fingerprint density at radius 1 is 1.25 bits per heavy atom. The zero-order chi connectivity index (χ0) is 25.1. The number of pyridine rings is 1. The lowest BCUT2D eigenvalue weighted by molar-refractivity contribution is 0.170. The predicted octanol–water partition coefficient (Wildman–Crippen LogP) is 3.81. The number of H-pyrrole nitrogens is 1. The Balaban J connectivity index is 1.45. The number of aromatic nitrogens is 4. The number of aryl methyl sites for hydroxylation is 1. The minimum absolute atomic E-state index is 0.479. The van der Waals surface area contributed by atoms with Crippen molar-refractivity contribution in [2.24, 2.45) is 4.99 Å². The molecule has 36 heavy (non-hydrogen) atoms. The maximum atomic E-state index is 6.82. The Morgan fingerprint density at radius 2 is 2.11 bits per heavy atom. The molecule has 1 fully saturated rings. The molecular formula is C27H32ClN7S. The monoisotopic (exact) mass is 521 g/mol. The molecule has 1 saturated heterocycles. The second kappa shape index (κ2) is 11.2. The highest BCUT2D eigenvalue weighted by atomic mass is 35.5. The third-order valence-corrected chi connectivity index (χ3v) is 8.03. The summed E-state index contributed by atoms with van der Waals surface area (Å²) in [5.74, 6) is 0.914. The number of hydrogen-bond donors (Lipinski definition) is 1. The van der Waals surface area contributed by atoms with E-state index >= 15 is 0 Å². The highest BCUT2D eigenvalue weighted by Gasteiger charge is 2.34. The van der Waals surface area contributed by atoms with E-state index in [9.17, 15) is 0 Å². The standard InChI is InChI=1S/C27H32ClN7S/c1-4-13-34(14-12-29-3)19-16-35(17-19)26-23-24(28)21(5-2)31-25(23)32-27(33-26)36-20-10-6-8-18-9-7-11-30-22(18)15-20/h7-11,15,19H,3-6,12-14,16-17H2,1-2H3,(H,31,32,33). The molecule has 7 nitrogen and oxygen atoms in total. The molecule has 0 atom stereocenters. The molecule has 1 aliphatic heterocycles. The number of aromatic amines is 1. The zero-order valence-electron chi connectivity index (χ0n) is 20.9. The number of aliphatic imine (C=N–C) groups is 1. The van der Waals surface area contributed by atoms with Gasteiger partial charge in [0.15, 0.2) is 5.16 Å². The Morgan fingerprint density at radius 3 is 2.89 bits per heavy atom. The third kappa shape index (κ3) is 5.08. The second-order valence-corrected chi connectivity index (χ2v) is 10.6. The van der Waals surface area contributed by atoms with E-state index in [1.807, 2.05) is 12.3 Å². The van der Waals surface area contributed by atoms with Crippen molar-refractivity contribution in [3.05, 3.63) is 50.6 Å². The first-order valence-electron chi connectivity index (χ1n) is 12.6. The number of hydrogen-bond acceptors (Lipinski definition) is 7. The van der Waals surface area contributed by atoms with Crippen molar-refractivity contribution in [1.82, 2.24) is 24.8 Å². The number of nitrogens with one attached hydrogen (secondary N) is 1. The lowest BCUT2D eigenvalue weighted by Gasteiger charge is -2.46. The minimum Gasteiger partial charge on any atom is -0.353 e. The molecule has 188 valence electrons. The van der Waals surface area contributed by atoms with Crippen molar-refractivity contribution in [2.45, 2.75) is 44.3 Å². The Bertz CT molecular complexity index is 1410. The Hall–Kier alpha value is -2.68. The van der Waals surface area contributed by atoms with E-state index in [2.05, 4.69) is 69.6 Å². The quantitative estimate of drug-likeness (QED) is 0.323. The summed E-state index contributed by atoms with van der Waals surface area (Å²) in [6.07, 6.45) is 11.1. The number of allylic oxidation sites excluding steroid dienone is 2. The van der Waals surface area contributed by atoms with Crippen LogP contribution in [-0.2, 0) is 6.42 Å². The minimum atomic E-state index is 0.479. The summed E-state index contributed by atoms with van der Waals surface area (Å²) in [7, 11) is 0. The van der Waals surface area contributed by atoms with Gasteiger partial charge in [0.25, 0.3) is 0 Å². The van der Waals surface area contributed by atoms with Gasteiger partial charge < -0.3 is 9.88 Å². The fraction of sp³-hybridized carbons (Fsp3) is 0.407. The van der Waals surface area contributed by atoms with Crippen molar-refractivity contribution in [3.63, 3.8) is 0 Å². The molecule has 4 heterocycles. The van der Waals surface area contributed by atoms with E-state index < -0.39 is 0 Å². The van der Waals surface area contributed by atoms with E-state index in [0.717, 1.165) is 95.0 Å². The number of fused-ring (bicyclic) bond motifs is 2. The molecule has 0 bridgehead atoms. The third-order valence-electron chi connectivity index (χ3n) is 6.73. The lowest BCUT2D eigenvalue weighted by Crippen LogP contribution is -2.60. The Kier molecular flexibility index (Phi) is 7.74. The van der Waals surface area contributed by atoms with Crippen molar-refractivity contribution in [1.29, 1.82) is 0 Å². The van der Waals surface area contributed by atoms with Crippen molar-refractivity contribution < 1.29 is 0 Å². The second-order valence-electron chi connectivity index (χ2n) is 9.14. The van der Waals surface area contributed by atoms with E-state index in [4.69, 9.17) is 21.6 Å². The molecule has 3 aromatic rings. The van der Waals surface area contributed by atoms with Gasteiger partial charge in [-0.25, -0.2) is 9.97 Å². The van der Waals surface area contributed by atoms with Gasteiger partial charge in [0.1, 0.15) is 11.5 Å². The summed E-state index contributed by atoms with van der Waals surface area (Å²) < 4.78 is 0. The zero-order valence-corrected chi connectivity index (χ0v) is 22.4. The molecule has 0 aromatic carbocycles. The van der Waals surface area contributed by atoms with Crippen molar-refractivity contribution >= 4 is 59.1 Å². The van der Waals surface area contributed by atoms with Gasteiger partial charge in [-0.1, -0.05) is 43.7 Å². The average molecular weight is 522 g/mol. The molecule has 0 unspecified atom stereocenters. The van der Waals surface area contributed by atoms with E-state index in [0.29, 0.717) is 11.2 Å². The molecule has 0 saturated carbocycles. The first-order chi connectivity index (χ1) is 17.6. The molecule has 3 aromatic heterocycles. The van der Waals surface area contributed by atoms with Gasteiger partial charge in [0.05, 0.1) is 22.3 Å². The predicted molar refractivity (Wildman–Crippen MR) is 152 cm³/mol. The van der Waals surface area contributed by atoms with Gasteiger partial charge in [-0.2, -0.15) is 0 Å². The SMILES string of the molecule is C=NCCN(CCC)C1CN(c2nc(SC3=CCC=c4cccnc4=C3)nc3[nH]c(CC)c(Cl)c23)C1. The molecule has 0 radical (unpaired) electrons. The highest BCUT2D eigenvalue weighted by molar-refractivity contribution is 8.03. The summed E-state index contributed by atoms with van der Waals surface area (Å²) in [6, 6.07) is 4.55. The van der Waals surface area contributed by atoms with Crippen LogP contribution < -0.4 is 15.5 Å². The van der Waals surface area contributed by atoms with Crippen LogP contribution in [0.2, 0.25) is 5.02 Å². The van der Waals surface area contributed by atoms with Crippen LogP contribution in [0.3, 0.4) is 0 Å². The first-order valence-corrected chi connectivity index (χ1v) is 13.8.